The van der Waals surface area contributed by atoms with E-state index >= 15 is 4.39 Å². The van der Waals surface area contributed by atoms with Gasteiger partial charge in [0.05, 0.1) is 17.5 Å². The zero-order valence-electron chi connectivity index (χ0n) is 20.8. The molecule has 1 atom stereocenters. The molecule has 10 heteroatoms. The van der Waals surface area contributed by atoms with E-state index in [0.29, 0.717) is 48.7 Å². The van der Waals surface area contributed by atoms with E-state index in [1.54, 1.807) is 16.8 Å². The molecule has 194 valence electrons. The van der Waals surface area contributed by atoms with Crippen molar-refractivity contribution in [2.45, 2.75) is 31.7 Å². The number of piperidine rings is 1. The molecule has 38 heavy (non-hydrogen) atoms. The Balaban J connectivity index is 1.31. The van der Waals surface area contributed by atoms with E-state index in [0.717, 1.165) is 43.6 Å². The van der Waals surface area contributed by atoms with Crippen molar-refractivity contribution in [3.8, 4) is 0 Å². The highest BCUT2D eigenvalue weighted by molar-refractivity contribution is 6.36. The van der Waals surface area contributed by atoms with Crippen LogP contribution in [0.25, 0.3) is 11.2 Å². The maximum Gasteiger partial charge on any atom is 0.320 e. The van der Waals surface area contributed by atoms with Gasteiger partial charge in [-0.3, -0.25) is 19.3 Å². The van der Waals surface area contributed by atoms with Crippen molar-refractivity contribution in [3.05, 3.63) is 70.9 Å². The van der Waals surface area contributed by atoms with Crippen molar-refractivity contribution in [2.75, 3.05) is 37.6 Å². The fraction of sp³-hybridized carbons (Fsp3) is 0.357. The predicted molar refractivity (Wildman–Crippen MR) is 138 cm³/mol. The van der Waals surface area contributed by atoms with E-state index in [2.05, 4.69) is 15.2 Å². The SMILES string of the molecule is O=C1NC(=O)C(C2CN3CCN(C(=O)N4CCCCC4)Cc4cc(F)cc2c43)=C1c1cnc2ccccn12. The molecule has 4 aliphatic rings. The number of nitrogens with zero attached hydrogens (tertiary/aromatic N) is 5. The number of imide groups is 1. The highest BCUT2D eigenvalue weighted by atomic mass is 19.1. The summed E-state index contributed by atoms with van der Waals surface area (Å²) in [7, 11) is 0. The van der Waals surface area contributed by atoms with E-state index in [1.807, 2.05) is 28.0 Å². The number of imidazole rings is 1. The van der Waals surface area contributed by atoms with E-state index < -0.39 is 23.5 Å². The lowest BCUT2D eigenvalue weighted by molar-refractivity contribution is -0.123. The zero-order valence-corrected chi connectivity index (χ0v) is 20.8. The first-order valence-corrected chi connectivity index (χ1v) is 13.1. The smallest absolute Gasteiger partial charge is 0.320 e. The standard InChI is InChI=1S/C28H27FN6O3/c29-18-12-17-15-34(28(38)32-7-3-1-4-8-32)11-10-33-16-20(19(13-18)25(17)33)23-24(27(37)31-26(23)36)21-14-30-22-6-2-5-9-35(21)22/h2,5-6,9,12-14,20H,1,3-4,7-8,10-11,15-16H2,(H,31,36,37). The topological polar surface area (TPSA) is 90.3 Å². The van der Waals surface area contributed by atoms with Crippen molar-refractivity contribution in [2.24, 2.45) is 0 Å². The quantitative estimate of drug-likeness (QED) is 0.532. The van der Waals surface area contributed by atoms with Gasteiger partial charge in [-0.25, -0.2) is 14.2 Å². The van der Waals surface area contributed by atoms with Gasteiger partial charge in [0.15, 0.2) is 0 Å². The number of rotatable bonds is 2. The third kappa shape index (κ3) is 3.50. The highest BCUT2D eigenvalue weighted by Crippen LogP contribution is 2.47. The molecule has 0 radical (unpaired) electrons. The Hall–Kier alpha value is -4.21. The number of benzene rings is 1. The molecule has 1 aromatic carbocycles. The maximum absolute atomic E-state index is 15.1. The number of hydrogen-bond donors (Lipinski definition) is 1. The lowest BCUT2D eigenvalue weighted by Crippen LogP contribution is -2.46. The fourth-order valence-electron chi connectivity index (χ4n) is 6.46. The predicted octanol–water partition coefficient (Wildman–Crippen LogP) is 2.91. The van der Waals surface area contributed by atoms with Gasteiger partial charge >= 0.3 is 6.03 Å². The number of carbonyl (C=O) groups is 3. The molecular formula is C28H27FN6O3. The van der Waals surface area contributed by atoms with Gasteiger partial charge in [0.1, 0.15) is 11.5 Å². The van der Waals surface area contributed by atoms with Crippen molar-refractivity contribution in [1.29, 1.82) is 0 Å². The largest absolute Gasteiger partial charge is 0.368 e. The number of pyridine rings is 1. The first-order valence-electron chi connectivity index (χ1n) is 13.1. The van der Waals surface area contributed by atoms with Crippen molar-refractivity contribution < 1.29 is 18.8 Å². The van der Waals surface area contributed by atoms with Crippen LogP contribution in [-0.2, 0) is 16.1 Å². The van der Waals surface area contributed by atoms with Gasteiger partial charge in [0, 0.05) is 62.6 Å². The molecule has 0 spiro atoms. The highest BCUT2D eigenvalue weighted by Gasteiger charge is 2.44. The second kappa shape index (κ2) is 8.68. The number of amides is 4. The Morgan fingerprint density at radius 2 is 1.84 bits per heavy atom. The van der Waals surface area contributed by atoms with Crippen LogP contribution in [0, 0.1) is 5.82 Å². The van der Waals surface area contributed by atoms with Crippen LogP contribution in [0.2, 0.25) is 0 Å². The van der Waals surface area contributed by atoms with Crippen LogP contribution < -0.4 is 10.2 Å². The minimum atomic E-state index is -0.487. The molecule has 1 saturated heterocycles. The molecule has 9 nitrogen and oxygen atoms in total. The molecule has 0 saturated carbocycles. The first-order chi connectivity index (χ1) is 18.5. The van der Waals surface area contributed by atoms with Crippen molar-refractivity contribution in [1.82, 2.24) is 24.5 Å². The molecule has 6 heterocycles. The number of likely N-dealkylation sites (tertiary alicyclic amines) is 1. The molecule has 3 aromatic rings. The third-order valence-corrected chi connectivity index (χ3v) is 8.17. The molecule has 0 aliphatic carbocycles. The Morgan fingerprint density at radius 3 is 2.68 bits per heavy atom. The number of nitrogens with one attached hydrogen (secondary N) is 1. The summed E-state index contributed by atoms with van der Waals surface area (Å²) in [6, 6.07) is 8.49. The normalized spacial score (nSPS) is 21.3. The minimum absolute atomic E-state index is 0.00110. The Morgan fingerprint density at radius 1 is 1.00 bits per heavy atom. The van der Waals surface area contributed by atoms with Crippen LogP contribution in [0.1, 0.15) is 42.0 Å². The summed E-state index contributed by atoms with van der Waals surface area (Å²) >= 11 is 0. The molecule has 4 aliphatic heterocycles. The average molecular weight is 515 g/mol. The summed E-state index contributed by atoms with van der Waals surface area (Å²) in [5, 5.41) is 2.46. The molecule has 0 bridgehead atoms. The average Bonchev–Trinajstić information content (AvgIpc) is 3.54. The van der Waals surface area contributed by atoms with Crippen molar-refractivity contribution >= 4 is 34.8 Å². The summed E-state index contributed by atoms with van der Waals surface area (Å²) in [5.74, 6) is -1.84. The van der Waals surface area contributed by atoms with Crippen LogP contribution >= 0.6 is 0 Å². The van der Waals surface area contributed by atoms with Gasteiger partial charge in [0.2, 0.25) is 0 Å². The van der Waals surface area contributed by atoms with Gasteiger partial charge in [0.25, 0.3) is 11.8 Å². The molecule has 4 amide bonds. The van der Waals surface area contributed by atoms with Crippen LogP contribution in [0.3, 0.4) is 0 Å². The van der Waals surface area contributed by atoms with Crippen molar-refractivity contribution in [3.63, 3.8) is 0 Å². The third-order valence-electron chi connectivity index (χ3n) is 8.17. The van der Waals surface area contributed by atoms with E-state index in [9.17, 15) is 14.4 Å². The van der Waals surface area contributed by atoms with Crippen LogP contribution in [0.15, 0.2) is 48.3 Å². The van der Waals surface area contributed by atoms with Gasteiger partial charge < -0.3 is 14.7 Å². The summed E-state index contributed by atoms with van der Waals surface area (Å²) in [6.45, 7) is 3.31. The number of halogens is 1. The number of hydrogen-bond acceptors (Lipinski definition) is 5. The molecule has 7 rings (SSSR count). The second-order valence-corrected chi connectivity index (χ2v) is 10.4. The summed E-state index contributed by atoms with van der Waals surface area (Å²) < 4.78 is 16.8. The Kier molecular flexibility index (Phi) is 5.24. The lowest BCUT2D eigenvalue weighted by atomic mass is 9.88. The van der Waals surface area contributed by atoms with E-state index in [4.69, 9.17) is 0 Å². The number of fused-ring (bicyclic) bond motifs is 1. The lowest BCUT2D eigenvalue weighted by Gasteiger charge is -2.32. The fourth-order valence-corrected chi connectivity index (χ4v) is 6.46. The van der Waals surface area contributed by atoms with E-state index in [-0.39, 0.29) is 11.6 Å². The number of anilines is 1. The van der Waals surface area contributed by atoms with Crippen LogP contribution in [0.4, 0.5) is 14.9 Å². The second-order valence-electron chi connectivity index (χ2n) is 10.4. The molecule has 1 unspecified atom stereocenters. The van der Waals surface area contributed by atoms with E-state index in [1.165, 1.54) is 12.1 Å². The number of carbonyl (C=O) groups excluding carboxylic acids is 3. The summed E-state index contributed by atoms with van der Waals surface area (Å²) in [4.78, 5) is 49.8. The van der Waals surface area contributed by atoms with Crippen LogP contribution in [0.5, 0.6) is 0 Å². The van der Waals surface area contributed by atoms with Gasteiger partial charge in [-0.05, 0) is 54.7 Å². The van der Waals surface area contributed by atoms with Gasteiger partial charge in [-0.1, -0.05) is 6.07 Å². The molecule has 1 fully saturated rings. The Bertz CT molecular complexity index is 1540. The zero-order chi connectivity index (χ0) is 26.0. The minimum Gasteiger partial charge on any atom is -0.368 e. The first kappa shape index (κ1) is 22.9. The summed E-state index contributed by atoms with van der Waals surface area (Å²) in [6.07, 6.45) is 6.55. The summed E-state index contributed by atoms with van der Waals surface area (Å²) in [5.41, 5.74) is 4.07. The molecule has 1 N–H and O–H groups in total. The monoisotopic (exact) mass is 514 g/mol. The number of aromatic nitrogens is 2. The molecule has 2 aromatic heterocycles. The number of urea groups is 1. The molecular weight excluding hydrogens is 487 g/mol. The van der Waals surface area contributed by atoms with Gasteiger partial charge in [-0.2, -0.15) is 0 Å². The van der Waals surface area contributed by atoms with Crippen LogP contribution in [-0.4, -0.2) is 69.8 Å². The maximum atomic E-state index is 15.1. The Labute approximate surface area is 218 Å². The van der Waals surface area contributed by atoms with Gasteiger partial charge in [-0.15, -0.1) is 0 Å².